The molecule has 0 aliphatic heterocycles. The fourth-order valence-electron chi connectivity index (χ4n) is 2.15. The van der Waals surface area contributed by atoms with Gasteiger partial charge in [-0.15, -0.1) is 0 Å². The number of halogens is 2. The van der Waals surface area contributed by atoms with Crippen LogP contribution in [0.3, 0.4) is 0 Å². The highest BCUT2D eigenvalue weighted by molar-refractivity contribution is 14.1. The number of hydrogen-bond donors (Lipinski definition) is 1. The zero-order valence-electron chi connectivity index (χ0n) is 10.9. The van der Waals surface area contributed by atoms with Crippen molar-refractivity contribution in [1.82, 2.24) is 5.32 Å². The van der Waals surface area contributed by atoms with E-state index < -0.39 is 0 Å². The van der Waals surface area contributed by atoms with Crippen molar-refractivity contribution in [2.24, 2.45) is 0 Å². The van der Waals surface area contributed by atoms with Gasteiger partial charge in [0, 0.05) is 15.2 Å². The Morgan fingerprint density at radius 2 is 1.79 bits per heavy atom. The summed E-state index contributed by atoms with van der Waals surface area (Å²) in [5.74, 6) is -0.140. The van der Waals surface area contributed by atoms with Crippen LogP contribution in [-0.4, -0.2) is 6.54 Å². The van der Waals surface area contributed by atoms with E-state index in [9.17, 15) is 4.39 Å². The van der Waals surface area contributed by atoms with Crippen molar-refractivity contribution in [2.75, 3.05) is 6.54 Å². The van der Waals surface area contributed by atoms with Gasteiger partial charge in [0.05, 0.1) is 0 Å². The molecule has 1 atom stereocenters. The average Bonchev–Trinajstić information content (AvgIpc) is 2.41. The molecule has 0 aliphatic rings. The summed E-state index contributed by atoms with van der Waals surface area (Å²) < 4.78 is 15.1. The standard InChI is InChI=1S/C16H17FIN/c1-2-19-16(14-5-3-4-6-15(14)17)11-12-7-9-13(18)10-8-12/h3-10,16,19H,2,11H2,1H3. The molecule has 2 aromatic carbocycles. The molecule has 2 rings (SSSR count). The molecule has 3 heteroatoms. The van der Waals surface area contributed by atoms with E-state index in [1.54, 1.807) is 6.07 Å². The second-order valence-corrected chi connectivity index (χ2v) is 5.71. The maximum Gasteiger partial charge on any atom is 0.127 e. The summed E-state index contributed by atoms with van der Waals surface area (Å²) in [6.07, 6.45) is 0.797. The maximum atomic E-state index is 13.9. The van der Waals surface area contributed by atoms with Gasteiger partial charge in [0.15, 0.2) is 0 Å². The van der Waals surface area contributed by atoms with Crippen molar-refractivity contribution in [3.05, 3.63) is 69.0 Å². The molecular formula is C16H17FIN. The minimum Gasteiger partial charge on any atom is -0.310 e. The predicted molar refractivity (Wildman–Crippen MR) is 85.7 cm³/mol. The van der Waals surface area contributed by atoms with E-state index in [-0.39, 0.29) is 11.9 Å². The number of nitrogens with one attached hydrogen (secondary N) is 1. The molecule has 0 aromatic heterocycles. The zero-order valence-corrected chi connectivity index (χ0v) is 13.0. The van der Waals surface area contributed by atoms with Gasteiger partial charge in [-0.3, -0.25) is 0 Å². The first kappa shape index (κ1) is 14.5. The summed E-state index contributed by atoms with van der Waals surface area (Å²) in [5.41, 5.74) is 1.96. The van der Waals surface area contributed by atoms with Crippen molar-refractivity contribution in [1.29, 1.82) is 0 Å². The molecule has 2 aromatic rings. The lowest BCUT2D eigenvalue weighted by Crippen LogP contribution is -2.23. The van der Waals surface area contributed by atoms with Gasteiger partial charge in [-0.05, 0) is 59.3 Å². The second kappa shape index (κ2) is 7.01. The molecule has 0 heterocycles. The van der Waals surface area contributed by atoms with Crippen molar-refractivity contribution in [3.63, 3.8) is 0 Å². The third-order valence-electron chi connectivity index (χ3n) is 3.08. The van der Waals surface area contributed by atoms with E-state index in [4.69, 9.17) is 0 Å². The van der Waals surface area contributed by atoms with Crippen LogP contribution in [0.5, 0.6) is 0 Å². The Balaban J connectivity index is 2.21. The molecule has 1 unspecified atom stereocenters. The first-order chi connectivity index (χ1) is 9.20. The van der Waals surface area contributed by atoms with Gasteiger partial charge in [-0.25, -0.2) is 4.39 Å². The molecule has 0 spiro atoms. The molecule has 19 heavy (non-hydrogen) atoms. The van der Waals surface area contributed by atoms with Gasteiger partial charge >= 0.3 is 0 Å². The third-order valence-corrected chi connectivity index (χ3v) is 3.80. The smallest absolute Gasteiger partial charge is 0.127 e. The molecular weight excluding hydrogens is 352 g/mol. The normalized spacial score (nSPS) is 12.4. The molecule has 1 N–H and O–H groups in total. The summed E-state index contributed by atoms with van der Waals surface area (Å²) in [5, 5.41) is 3.36. The quantitative estimate of drug-likeness (QED) is 0.774. The Bertz CT molecular complexity index is 525. The lowest BCUT2D eigenvalue weighted by Gasteiger charge is -2.19. The molecule has 1 nitrogen and oxygen atoms in total. The van der Waals surface area contributed by atoms with Crippen LogP contribution in [0.25, 0.3) is 0 Å². The number of hydrogen-bond acceptors (Lipinski definition) is 1. The summed E-state index contributed by atoms with van der Waals surface area (Å²) >= 11 is 2.29. The topological polar surface area (TPSA) is 12.0 Å². The van der Waals surface area contributed by atoms with E-state index in [0.717, 1.165) is 18.5 Å². The molecule has 100 valence electrons. The van der Waals surface area contributed by atoms with Crippen LogP contribution < -0.4 is 5.32 Å². The van der Waals surface area contributed by atoms with Gasteiger partial charge in [-0.2, -0.15) is 0 Å². The number of rotatable bonds is 5. The minimum absolute atomic E-state index is 0.0197. The van der Waals surface area contributed by atoms with Crippen LogP contribution in [0.2, 0.25) is 0 Å². The molecule has 0 saturated carbocycles. The van der Waals surface area contributed by atoms with Crippen molar-refractivity contribution in [2.45, 2.75) is 19.4 Å². The summed E-state index contributed by atoms with van der Waals surface area (Å²) in [6.45, 7) is 2.87. The SMILES string of the molecule is CCNC(Cc1ccc(I)cc1)c1ccccc1F. The highest BCUT2D eigenvalue weighted by atomic mass is 127. The highest BCUT2D eigenvalue weighted by Crippen LogP contribution is 2.21. The molecule has 0 saturated heterocycles. The van der Waals surface area contributed by atoms with Crippen LogP contribution >= 0.6 is 22.6 Å². The third kappa shape index (κ3) is 4.01. The van der Waals surface area contributed by atoms with Crippen LogP contribution in [0.15, 0.2) is 48.5 Å². The van der Waals surface area contributed by atoms with E-state index >= 15 is 0 Å². The summed E-state index contributed by atoms with van der Waals surface area (Å²) in [7, 11) is 0. The largest absolute Gasteiger partial charge is 0.310 e. The lowest BCUT2D eigenvalue weighted by molar-refractivity contribution is 0.510. The predicted octanol–water partition coefficient (Wildman–Crippen LogP) is 4.32. The molecule has 0 fully saturated rings. The maximum absolute atomic E-state index is 13.9. The molecule has 0 aliphatic carbocycles. The minimum atomic E-state index is -0.140. The van der Waals surface area contributed by atoms with E-state index in [1.807, 2.05) is 19.1 Å². The monoisotopic (exact) mass is 369 g/mol. The molecule has 0 amide bonds. The van der Waals surface area contributed by atoms with Crippen molar-refractivity contribution in [3.8, 4) is 0 Å². The van der Waals surface area contributed by atoms with Gasteiger partial charge in [-0.1, -0.05) is 37.3 Å². The Hall–Kier alpha value is -0.940. The molecule has 0 radical (unpaired) electrons. The summed E-state index contributed by atoms with van der Waals surface area (Å²) in [6, 6.07) is 15.4. The van der Waals surface area contributed by atoms with Crippen LogP contribution in [0, 0.1) is 9.39 Å². The van der Waals surface area contributed by atoms with Gasteiger partial charge in [0.1, 0.15) is 5.82 Å². The van der Waals surface area contributed by atoms with Crippen LogP contribution in [0.4, 0.5) is 4.39 Å². The Kier molecular flexibility index (Phi) is 5.34. The van der Waals surface area contributed by atoms with Gasteiger partial charge in [0.25, 0.3) is 0 Å². The van der Waals surface area contributed by atoms with Crippen molar-refractivity contribution < 1.29 is 4.39 Å². The lowest BCUT2D eigenvalue weighted by atomic mass is 9.98. The first-order valence-corrected chi connectivity index (χ1v) is 7.51. The van der Waals surface area contributed by atoms with E-state index in [2.05, 4.69) is 52.2 Å². The number of benzene rings is 2. The van der Waals surface area contributed by atoms with Crippen LogP contribution in [0.1, 0.15) is 24.1 Å². The first-order valence-electron chi connectivity index (χ1n) is 6.43. The fourth-order valence-corrected chi connectivity index (χ4v) is 2.51. The highest BCUT2D eigenvalue weighted by Gasteiger charge is 2.14. The number of likely N-dealkylation sites (N-methyl/N-ethyl adjacent to an activating group) is 1. The van der Waals surface area contributed by atoms with Gasteiger partial charge < -0.3 is 5.32 Å². The van der Waals surface area contributed by atoms with E-state index in [0.29, 0.717) is 0 Å². The Labute approximate surface area is 127 Å². The molecule has 0 bridgehead atoms. The average molecular weight is 369 g/mol. The second-order valence-electron chi connectivity index (χ2n) is 4.46. The zero-order chi connectivity index (χ0) is 13.7. The fraction of sp³-hybridized carbons (Fsp3) is 0.250. The Morgan fingerprint density at radius 1 is 1.11 bits per heavy atom. The summed E-state index contributed by atoms with van der Waals surface area (Å²) in [4.78, 5) is 0. The van der Waals surface area contributed by atoms with Crippen LogP contribution in [-0.2, 0) is 6.42 Å². The van der Waals surface area contributed by atoms with E-state index in [1.165, 1.54) is 15.2 Å². The van der Waals surface area contributed by atoms with Crippen molar-refractivity contribution >= 4 is 22.6 Å². The Morgan fingerprint density at radius 3 is 2.42 bits per heavy atom. The van der Waals surface area contributed by atoms with Gasteiger partial charge in [0.2, 0.25) is 0 Å².